The monoisotopic (exact) mass is 166 g/mol. The van der Waals surface area contributed by atoms with Crippen LogP contribution in [0, 0.1) is 6.92 Å². The van der Waals surface area contributed by atoms with Gasteiger partial charge in [-0.2, -0.15) is 0 Å². The molecule has 0 atom stereocenters. The molecule has 1 aromatic heterocycles. The van der Waals surface area contributed by atoms with E-state index in [4.69, 9.17) is 4.42 Å². The minimum Gasteiger partial charge on any atom is -0.465 e. The molecule has 0 aromatic carbocycles. The molecule has 1 fully saturated rings. The number of furan rings is 1. The molecule has 0 aliphatic carbocycles. The topological polar surface area (TPSA) is 28.4 Å². The molecule has 1 aromatic rings. The summed E-state index contributed by atoms with van der Waals surface area (Å²) in [6.45, 7) is 5.08. The van der Waals surface area contributed by atoms with Crippen molar-refractivity contribution in [2.45, 2.75) is 19.9 Å². The first-order chi connectivity index (χ1) is 5.84. The summed E-state index contributed by atoms with van der Waals surface area (Å²) in [5.41, 5.74) is 3.29. The molecule has 0 unspecified atom stereocenters. The van der Waals surface area contributed by atoms with E-state index in [-0.39, 0.29) is 0 Å². The summed E-state index contributed by atoms with van der Waals surface area (Å²) in [4.78, 5) is 0. The van der Waals surface area contributed by atoms with Gasteiger partial charge in [0.15, 0.2) is 0 Å². The molecule has 0 radical (unpaired) electrons. The SMILES string of the molecule is Cc1ccc(CN2CCCN2)o1. The molecule has 1 N–H and O–H groups in total. The van der Waals surface area contributed by atoms with Gasteiger partial charge in [0.25, 0.3) is 0 Å². The molecule has 66 valence electrons. The molecule has 2 heterocycles. The van der Waals surface area contributed by atoms with E-state index in [9.17, 15) is 0 Å². The summed E-state index contributed by atoms with van der Waals surface area (Å²) in [7, 11) is 0. The first-order valence-corrected chi connectivity index (χ1v) is 4.38. The van der Waals surface area contributed by atoms with Gasteiger partial charge in [0.05, 0.1) is 6.54 Å². The highest BCUT2D eigenvalue weighted by Crippen LogP contribution is 2.09. The van der Waals surface area contributed by atoms with E-state index in [0.717, 1.165) is 31.2 Å². The third-order valence-electron chi connectivity index (χ3n) is 2.08. The summed E-state index contributed by atoms with van der Waals surface area (Å²) >= 11 is 0. The van der Waals surface area contributed by atoms with Gasteiger partial charge in [-0.05, 0) is 25.5 Å². The lowest BCUT2D eigenvalue weighted by molar-refractivity contribution is 0.222. The van der Waals surface area contributed by atoms with Crippen molar-refractivity contribution in [3.05, 3.63) is 23.7 Å². The van der Waals surface area contributed by atoms with Gasteiger partial charge in [-0.15, -0.1) is 0 Å². The van der Waals surface area contributed by atoms with Crippen molar-refractivity contribution in [2.75, 3.05) is 13.1 Å². The highest BCUT2D eigenvalue weighted by atomic mass is 16.3. The summed E-state index contributed by atoms with van der Waals surface area (Å²) in [5.74, 6) is 2.03. The average molecular weight is 166 g/mol. The van der Waals surface area contributed by atoms with Crippen LogP contribution >= 0.6 is 0 Å². The van der Waals surface area contributed by atoms with Crippen molar-refractivity contribution in [2.24, 2.45) is 0 Å². The van der Waals surface area contributed by atoms with Crippen molar-refractivity contribution in [1.29, 1.82) is 0 Å². The van der Waals surface area contributed by atoms with Gasteiger partial charge in [0.1, 0.15) is 11.5 Å². The standard InChI is InChI=1S/C9H14N2O/c1-8-3-4-9(12-8)7-11-6-2-5-10-11/h3-4,10H,2,5-7H2,1H3. The van der Waals surface area contributed by atoms with Crippen molar-refractivity contribution in [1.82, 2.24) is 10.4 Å². The largest absolute Gasteiger partial charge is 0.465 e. The molecular weight excluding hydrogens is 152 g/mol. The summed E-state index contributed by atoms with van der Waals surface area (Å²) in [6.07, 6.45) is 1.24. The zero-order valence-corrected chi connectivity index (χ0v) is 7.34. The van der Waals surface area contributed by atoms with Gasteiger partial charge in [0.2, 0.25) is 0 Å². The Kier molecular flexibility index (Phi) is 2.15. The zero-order chi connectivity index (χ0) is 8.39. The number of aryl methyl sites for hydroxylation is 1. The Labute approximate surface area is 72.3 Å². The normalized spacial score (nSPS) is 18.8. The minimum absolute atomic E-state index is 0.883. The maximum absolute atomic E-state index is 5.46. The lowest BCUT2D eigenvalue weighted by atomic mass is 10.4. The number of hydrazine groups is 1. The molecule has 0 bridgehead atoms. The molecular formula is C9H14N2O. The first-order valence-electron chi connectivity index (χ1n) is 4.38. The van der Waals surface area contributed by atoms with Crippen molar-refractivity contribution >= 4 is 0 Å². The van der Waals surface area contributed by atoms with Crippen molar-refractivity contribution in [3.8, 4) is 0 Å². The predicted molar refractivity (Wildman–Crippen MR) is 46.5 cm³/mol. The summed E-state index contributed by atoms with van der Waals surface area (Å²) in [6, 6.07) is 4.04. The van der Waals surface area contributed by atoms with E-state index in [0.29, 0.717) is 0 Å². The predicted octanol–water partition coefficient (Wildman–Crippen LogP) is 1.30. The number of hydrogen-bond acceptors (Lipinski definition) is 3. The van der Waals surface area contributed by atoms with Gasteiger partial charge in [-0.1, -0.05) is 0 Å². The second-order valence-electron chi connectivity index (χ2n) is 3.20. The lowest BCUT2D eigenvalue weighted by Crippen LogP contribution is -2.29. The Morgan fingerprint density at radius 3 is 3.08 bits per heavy atom. The van der Waals surface area contributed by atoms with Gasteiger partial charge in [-0.25, -0.2) is 5.01 Å². The number of nitrogens with zero attached hydrogens (tertiary/aromatic N) is 1. The second-order valence-corrected chi connectivity index (χ2v) is 3.20. The Balaban J connectivity index is 1.94. The Bertz CT molecular complexity index is 251. The van der Waals surface area contributed by atoms with E-state index in [1.165, 1.54) is 6.42 Å². The number of rotatable bonds is 2. The maximum atomic E-state index is 5.46. The van der Waals surface area contributed by atoms with Crippen LogP contribution in [0.15, 0.2) is 16.5 Å². The van der Waals surface area contributed by atoms with E-state index in [1.54, 1.807) is 0 Å². The van der Waals surface area contributed by atoms with E-state index in [1.807, 2.05) is 19.1 Å². The molecule has 3 nitrogen and oxygen atoms in total. The van der Waals surface area contributed by atoms with Crippen LogP contribution in [0.4, 0.5) is 0 Å². The van der Waals surface area contributed by atoms with Crippen LogP contribution < -0.4 is 5.43 Å². The third kappa shape index (κ3) is 1.68. The Morgan fingerprint density at radius 2 is 2.50 bits per heavy atom. The molecule has 2 rings (SSSR count). The highest BCUT2D eigenvalue weighted by Gasteiger charge is 2.12. The van der Waals surface area contributed by atoms with Crippen LogP contribution in [0.2, 0.25) is 0 Å². The fourth-order valence-electron chi connectivity index (χ4n) is 1.48. The number of hydrogen-bond donors (Lipinski definition) is 1. The first kappa shape index (κ1) is 7.83. The van der Waals surface area contributed by atoms with Crippen LogP contribution in [0.5, 0.6) is 0 Å². The molecule has 0 amide bonds. The van der Waals surface area contributed by atoms with Gasteiger partial charge >= 0.3 is 0 Å². The molecule has 3 heteroatoms. The van der Waals surface area contributed by atoms with E-state index >= 15 is 0 Å². The molecule has 1 aliphatic rings. The Morgan fingerprint density at radius 1 is 1.58 bits per heavy atom. The average Bonchev–Trinajstić information content (AvgIpc) is 2.63. The van der Waals surface area contributed by atoms with Gasteiger partial charge in [0, 0.05) is 13.1 Å². The zero-order valence-electron chi connectivity index (χ0n) is 7.34. The molecule has 0 spiro atoms. The van der Waals surface area contributed by atoms with Crippen LogP contribution in [-0.4, -0.2) is 18.1 Å². The fourth-order valence-corrected chi connectivity index (χ4v) is 1.48. The minimum atomic E-state index is 0.883. The van der Waals surface area contributed by atoms with Crippen LogP contribution in [-0.2, 0) is 6.54 Å². The third-order valence-corrected chi connectivity index (χ3v) is 2.08. The van der Waals surface area contributed by atoms with Crippen LogP contribution in [0.1, 0.15) is 17.9 Å². The molecule has 0 saturated carbocycles. The highest BCUT2D eigenvalue weighted by molar-refractivity contribution is 5.05. The molecule has 1 saturated heterocycles. The van der Waals surface area contributed by atoms with Crippen LogP contribution in [0.3, 0.4) is 0 Å². The quantitative estimate of drug-likeness (QED) is 0.717. The van der Waals surface area contributed by atoms with Crippen LogP contribution in [0.25, 0.3) is 0 Å². The van der Waals surface area contributed by atoms with Gasteiger partial charge in [-0.3, -0.25) is 5.43 Å². The second kappa shape index (κ2) is 3.29. The lowest BCUT2D eigenvalue weighted by Gasteiger charge is -2.12. The van der Waals surface area contributed by atoms with Gasteiger partial charge < -0.3 is 4.42 Å². The molecule has 1 aliphatic heterocycles. The smallest absolute Gasteiger partial charge is 0.119 e. The van der Waals surface area contributed by atoms with Crippen molar-refractivity contribution in [3.63, 3.8) is 0 Å². The summed E-state index contributed by atoms with van der Waals surface area (Å²) < 4.78 is 5.46. The van der Waals surface area contributed by atoms with E-state index in [2.05, 4.69) is 10.4 Å². The fraction of sp³-hybridized carbons (Fsp3) is 0.556. The van der Waals surface area contributed by atoms with Crippen molar-refractivity contribution < 1.29 is 4.42 Å². The number of nitrogens with one attached hydrogen (secondary N) is 1. The summed E-state index contributed by atoms with van der Waals surface area (Å²) in [5, 5.41) is 2.19. The maximum Gasteiger partial charge on any atom is 0.119 e. The molecule has 12 heavy (non-hydrogen) atoms. The Hall–Kier alpha value is -0.800. The van der Waals surface area contributed by atoms with E-state index < -0.39 is 0 Å².